The van der Waals surface area contributed by atoms with Crippen LogP contribution in [-0.2, 0) is 11.3 Å². The summed E-state index contributed by atoms with van der Waals surface area (Å²) in [5, 5.41) is 2.85. The number of carbonyl (C=O) groups is 1. The molecule has 4 heteroatoms. The van der Waals surface area contributed by atoms with Crippen LogP contribution in [-0.4, -0.2) is 12.7 Å². The molecule has 2 rings (SSSR count). The van der Waals surface area contributed by atoms with E-state index in [1.165, 1.54) is 0 Å². The molecule has 1 amide bonds. The second-order valence-corrected chi connectivity index (χ2v) is 4.76. The molecule has 0 saturated carbocycles. The zero-order chi connectivity index (χ0) is 14.9. The molecular formula is C17H21NO3. The van der Waals surface area contributed by atoms with Crippen molar-refractivity contribution in [1.29, 1.82) is 0 Å². The minimum atomic E-state index is -0.0767. The van der Waals surface area contributed by atoms with Gasteiger partial charge in [0.15, 0.2) is 11.5 Å². The smallest absolute Gasteiger partial charge is 0.243 e. The monoisotopic (exact) mass is 287 g/mol. The van der Waals surface area contributed by atoms with Crippen LogP contribution in [0, 0.1) is 0 Å². The van der Waals surface area contributed by atoms with E-state index in [9.17, 15) is 4.79 Å². The topological polar surface area (TPSA) is 47.6 Å². The first-order valence-corrected chi connectivity index (χ1v) is 7.27. The van der Waals surface area contributed by atoms with Crippen molar-refractivity contribution in [2.45, 2.75) is 32.7 Å². The van der Waals surface area contributed by atoms with Crippen molar-refractivity contribution in [2.75, 3.05) is 6.79 Å². The third-order valence-electron chi connectivity index (χ3n) is 3.08. The highest BCUT2D eigenvalue weighted by Crippen LogP contribution is 2.32. The number of unbranched alkanes of at least 4 members (excludes halogenated alkanes) is 1. The number of ether oxygens (including phenoxy) is 2. The van der Waals surface area contributed by atoms with E-state index in [1.54, 1.807) is 6.08 Å². The Balaban J connectivity index is 1.71. The van der Waals surface area contributed by atoms with Gasteiger partial charge in [0.05, 0.1) is 0 Å². The molecule has 0 bridgehead atoms. The molecule has 0 fully saturated rings. The quantitative estimate of drug-likeness (QED) is 0.475. The van der Waals surface area contributed by atoms with Crippen LogP contribution in [0.3, 0.4) is 0 Å². The third kappa shape index (κ3) is 4.99. The fourth-order valence-electron chi connectivity index (χ4n) is 1.97. The molecule has 0 atom stereocenters. The Morgan fingerprint density at radius 1 is 1.19 bits per heavy atom. The lowest BCUT2D eigenvalue weighted by Gasteiger charge is -2.04. The number of hydrogen-bond donors (Lipinski definition) is 1. The average Bonchev–Trinajstić information content (AvgIpc) is 2.96. The molecule has 1 aromatic rings. The highest BCUT2D eigenvalue weighted by atomic mass is 16.7. The maximum absolute atomic E-state index is 11.7. The van der Waals surface area contributed by atoms with E-state index in [1.807, 2.05) is 24.3 Å². The summed E-state index contributed by atoms with van der Waals surface area (Å²) in [4.78, 5) is 11.7. The predicted octanol–water partition coefficient (Wildman–Crippen LogP) is 3.33. The molecule has 1 N–H and O–H groups in total. The molecule has 1 aromatic carbocycles. The van der Waals surface area contributed by atoms with E-state index in [-0.39, 0.29) is 12.7 Å². The second kappa shape index (κ2) is 8.15. The Hall–Kier alpha value is -2.23. The van der Waals surface area contributed by atoms with E-state index in [2.05, 4.69) is 24.4 Å². The van der Waals surface area contributed by atoms with Crippen molar-refractivity contribution < 1.29 is 14.3 Å². The minimum Gasteiger partial charge on any atom is -0.454 e. The maximum Gasteiger partial charge on any atom is 0.243 e. The van der Waals surface area contributed by atoms with Gasteiger partial charge in [-0.25, -0.2) is 0 Å². The molecule has 0 unspecified atom stereocenters. The number of fused-ring (bicyclic) bond motifs is 1. The molecular weight excluding hydrogens is 266 g/mol. The van der Waals surface area contributed by atoms with Gasteiger partial charge in [-0.3, -0.25) is 4.79 Å². The standard InChI is InChI=1S/C17H21NO3/c1-2-3-4-5-6-7-8-17(19)18-12-14-9-10-15-16(11-14)21-13-20-15/h3-4,7-11H,2,5-6,12-13H2,1H3,(H,18,19)/b4-3-,8-7+. The Morgan fingerprint density at radius 3 is 2.86 bits per heavy atom. The predicted molar refractivity (Wildman–Crippen MR) is 82.2 cm³/mol. The normalized spacial score (nSPS) is 13.2. The van der Waals surface area contributed by atoms with Crippen LogP contribution < -0.4 is 14.8 Å². The molecule has 0 saturated heterocycles. The van der Waals surface area contributed by atoms with Gasteiger partial charge in [-0.05, 0) is 43.0 Å². The lowest BCUT2D eigenvalue weighted by molar-refractivity contribution is -0.116. The molecule has 4 nitrogen and oxygen atoms in total. The van der Waals surface area contributed by atoms with E-state index in [0.717, 1.165) is 36.3 Å². The summed E-state index contributed by atoms with van der Waals surface area (Å²) in [6.07, 6.45) is 10.7. The van der Waals surface area contributed by atoms with Gasteiger partial charge in [0.2, 0.25) is 12.7 Å². The van der Waals surface area contributed by atoms with Gasteiger partial charge in [0, 0.05) is 6.54 Å². The van der Waals surface area contributed by atoms with Gasteiger partial charge in [-0.15, -0.1) is 0 Å². The van der Waals surface area contributed by atoms with Crippen molar-refractivity contribution in [3.8, 4) is 11.5 Å². The molecule has 1 aliphatic heterocycles. The summed E-state index contributed by atoms with van der Waals surface area (Å²) < 4.78 is 10.5. The summed E-state index contributed by atoms with van der Waals surface area (Å²) in [5.74, 6) is 1.41. The first-order chi connectivity index (χ1) is 10.3. The number of rotatable bonds is 7. The van der Waals surface area contributed by atoms with Crippen LogP contribution in [0.1, 0.15) is 31.7 Å². The van der Waals surface area contributed by atoms with Gasteiger partial charge in [-0.2, -0.15) is 0 Å². The Labute approximate surface area is 125 Å². The Kier molecular flexibility index (Phi) is 5.88. The molecule has 1 heterocycles. The molecule has 112 valence electrons. The second-order valence-electron chi connectivity index (χ2n) is 4.76. The lowest BCUT2D eigenvalue weighted by Crippen LogP contribution is -2.20. The molecule has 0 aromatic heterocycles. The first-order valence-electron chi connectivity index (χ1n) is 7.27. The summed E-state index contributed by atoms with van der Waals surface area (Å²) >= 11 is 0. The van der Waals surface area contributed by atoms with Crippen LogP contribution in [0.5, 0.6) is 11.5 Å². The van der Waals surface area contributed by atoms with E-state index in [0.29, 0.717) is 6.54 Å². The highest BCUT2D eigenvalue weighted by Gasteiger charge is 2.12. The molecule has 21 heavy (non-hydrogen) atoms. The van der Waals surface area contributed by atoms with Crippen molar-refractivity contribution >= 4 is 5.91 Å². The lowest BCUT2D eigenvalue weighted by atomic mass is 10.2. The number of benzene rings is 1. The van der Waals surface area contributed by atoms with Gasteiger partial charge < -0.3 is 14.8 Å². The zero-order valence-electron chi connectivity index (χ0n) is 12.3. The number of allylic oxidation sites excluding steroid dienone is 3. The minimum absolute atomic E-state index is 0.0767. The van der Waals surface area contributed by atoms with E-state index < -0.39 is 0 Å². The molecule has 0 spiro atoms. The number of hydrogen-bond acceptors (Lipinski definition) is 3. The largest absolute Gasteiger partial charge is 0.454 e. The van der Waals surface area contributed by atoms with E-state index >= 15 is 0 Å². The van der Waals surface area contributed by atoms with Gasteiger partial charge >= 0.3 is 0 Å². The summed E-state index contributed by atoms with van der Waals surface area (Å²) in [6, 6.07) is 5.68. The first kappa shape index (κ1) is 15.2. The van der Waals surface area contributed by atoms with Crippen molar-refractivity contribution in [1.82, 2.24) is 5.32 Å². The van der Waals surface area contributed by atoms with Crippen LogP contribution in [0.4, 0.5) is 0 Å². The SMILES string of the molecule is CC/C=C\CC/C=C/C(=O)NCc1ccc2c(c1)OCO2. The average molecular weight is 287 g/mol. The van der Waals surface area contributed by atoms with Crippen LogP contribution in [0.25, 0.3) is 0 Å². The number of carbonyl (C=O) groups excluding carboxylic acids is 1. The fourth-order valence-corrected chi connectivity index (χ4v) is 1.97. The highest BCUT2D eigenvalue weighted by molar-refractivity contribution is 5.87. The van der Waals surface area contributed by atoms with Gasteiger partial charge in [0.1, 0.15) is 0 Å². The zero-order valence-corrected chi connectivity index (χ0v) is 12.3. The molecule has 0 radical (unpaired) electrons. The van der Waals surface area contributed by atoms with Crippen molar-refractivity contribution in [3.05, 3.63) is 48.1 Å². The van der Waals surface area contributed by atoms with Crippen molar-refractivity contribution in [3.63, 3.8) is 0 Å². The summed E-state index contributed by atoms with van der Waals surface area (Å²) in [6.45, 7) is 2.85. The summed E-state index contributed by atoms with van der Waals surface area (Å²) in [7, 11) is 0. The third-order valence-corrected chi connectivity index (χ3v) is 3.08. The van der Waals surface area contributed by atoms with Gasteiger partial charge in [-0.1, -0.05) is 31.2 Å². The number of nitrogens with one attached hydrogen (secondary N) is 1. The van der Waals surface area contributed by atoms with E-state index in [4.69, 9.17) is 9.47 Å². The maximum atomic E-state index is 11.7. The van der Waals surface area contributed by atoms with Crippen LogP contribution in [0.2, 0.25) is 0 Å². The Bertz CT molecular complexity index is 535. The van der Waals surface area contributed by atoms with Crippen LogP contribution in [0.15, 0.2) is 42.5 Å². The number of amides is 1. The molecule has 0 aliphatic carbocycles. The fraction of sp³-hybridized carbons (Fsp3) is 0.353. The molecule has 1 aliphatic rings. The van der Waals surface area contributed by atoms with Gasteiger partial charge in [0.25, 0.3) is 0 Å². The van der Waals surface area contributed by atoms with Crippen LogP contribution >= 0.6 is 0 Å². The summed E-state index contributed by atoms with van der Waals surface area (Å²) in [5.41, 5.74) is 0.992. The van der Waals surface area contributed by atoms with Crippen molar-refractivity contribution in [2.24, 2.45) is 0 Å². The Morgan fingerprint density at radius 2 is 2.00 bits per heavy atom.